The van der Waals surface area contributed by atoms with Crippen molar-refractivity contribution in [2.24, 2.45) is 11.8 Å². The van der Waals surface area contributed by atoms with E-state index in [-0.39, 0.29) is 23.5 Å². The van der Waals surface area contributed by atoms with Gasteiger partial charge in [0, 0.05) is 44.8 Å². The summed E-state index contributed by atoms with van der Waals surface area (Å²) in [6, 6.07) is 5.19. The van der Waals surface area contributed by atoms with Gasteiger partial charge in [0.25, 0.3) is 0 Å². The Morgan fingerprint density at radius 1 is 1.15 bits per heavy atom. The number of likely N-dealkylation sites (N-methyl/N-ethyl adjacent to an activating group) is 1. The minimum atomic E-state index is -3.78. The minimum absolute atomic E-state index is 0.0239. The van der Waals surface area contributed by atoms with Gasteiger partial charge >= 0.3 is 0 Å². The summed E-state index contributed by atoms with van der Waals surface area (Å²) in [5, 5.41) is 9.84. The van der Waals surface area contributed by atoms with Gasteiger partial charge < -0.3 is 19.5 Å². The van der Waals surface area contributed by atoms with Crippen molar-refractivity contribution >= 4 is 10.0 Å². The second-order valence-electron chi connectivity index (χ2n) is 10.7. The lowest BCUT2D eigenvalue weighted by Crippen LogP contribution is -2.50. The Balaban J connectivity index is 1.63. The Labute approximate surface area is 205 Å². The largest absolute Gasteiger partial charge is 0.487 e. The fraction of sp³-hybridized carbons (Fsp3) is 0.769. The van der Waals surface area contributed by atoms with Crippen LogP contribution in [0.5, 0.6) is 5.75 Å². The molecule has 192 valence electrons. The van der Waals surface area contributed by atoms with E-state index in [4.69, 9.17) is 9.47 Å². The molecule has 2 fully saturated rings. The first-order chi connectivity index (χ1) is 16.3. The second-order valence-corrected chi connectivity index (χ2v) is 12.6. The highest BCUT2D eigenvalue weighted by atomic mass is 32.2. The van der Waals surface area contributed by atoms with Crippen molar-refractivity contribution < 1.29 is 23.0 Å². The molecule has 34 heavy (non-hydrogen) atoms. The van der Waals surface area contributed by atoms with Crippen LogP contribution >= 0.6 is 0 Å². The van der Waals surface area contributed by atoms with Crippen molar-refractivity contribution in [1.29, 1.82) is 0 Å². The molecular formula is C26H42N2O5S. The summed E-state index contributed by atoms with van der Waals surface area (Å²) < 4.78 is 40.9. The highest BCUT2D eigenvalue weighted by Crippen LogP contribution is 2.39. The highest BCUT2D eigenvalue weighted by molar-refractivity contribution is 7.89. The van der Waals surface area contributed by atoms with E-state index in [2.05, 4.69) is 18.9 Å². The van der Waals surface area contributed by atoms with E-state index in [0.717, 1.165) is 52.0 Å². The lowest BCUT2D eigenvalue weighted by molar-refractivity contribution is 0.0402. The zero-order valence-electron chi connectivity index (χ0n) is 21.0. The molecule has 0 aromatic heterocycles. The Kier molecular flexibility index (Phi) is 8.57. The van der Waals surface area contributed by atoms with E-state index >= 15 is 0 Å². The smallest absolute Gasteiger partial charge is 0.247 e. The summed E-state index contributed by atoms with van der Waals surface area (Å²) in [6.07, 6.45) is 6.75. The molecule has 7 nitrogen and oxygen atoms in total. The van der Waals surface area contributed by atoms with Crippen LogP contribution in [0.15, 0.2) is 23.1 Å². The van der Waals surface area contributed by atoms with Crippen LogP contribution in [0, 0.1) is 11.8 Å². The molecule has 1 saturated heterocycles. The van der Waals surface area contributed by atoms with E-state index in [1.807, 2.05) is 12.1 Å². The number of hydrogen-bond acceptors (Lipinski definition) is 6. The number of hydrogen-bond donors (Lipinski definition) is 1. The van der Waals surface area contributed by atoms with Gasteiger partial charge in [-0.3, -0.25) is 0 Å². The summed E-state index contributed by atoms with van der Waals surface area (Å²) in [4.78, 5) is 2.55. The molecule has 1 aliphatic carbocycles. The van der Waals surface area contributed by atoms with Gasteiger partial charge in [-0.15, -0.1) is 0 Å². The first-order valence-corrected chi connectivity index (χ1v) is 14.4. The fourth-order valence-corrected chi connectivity index (χ4v) is 7.55. The zero-order chi connectivity index (χ0) is 24.3. The minimum Gasteiger partial charge on any atom is -0.487 e. The van der Waals surface area contributed by atoms with Crippen LogP contribution in [-0.2, 0) is 14.8 Å². The van der Waals surface area contributed by atoms with Crippen molar-refractivity contribution in [2.45, 2.75) is 75.3 Å². The molecule has 0 radical (unpaired) electrons. The normalized spacial score (nSPS) is 27.7. The average Bonchev–Trinajstić information content (AvgIpc) is 3.36. The van der Waals surface area contributed by atoms with Crippen molar-refractivity contribution in [3.63, 3.8) is 0 Å². The van der Waals surface area contributed by atoms with Crippen LogP contribution < -0.4 is 4.74 Å². The number of benzene rings is 1. The summed E-state index contributed by atoms with van der Waals surface area (Å²) in [5.41, 5.74) is 1.18. The van der Waals surface area contributed by atoms with Gasteiger partial charge in [0.15, 0.2) is 0 Å². The first-order valence-electron chi connectivity index (χ1n) is 13.0. The third kappa shape index (κ3) is 5.78. The molecule has 1 aromatic rings. The van der Waals surface area contributed by atoms with E-state index in [1.165, 1.54) is 22.7 Å². The van der Waals surface area contributed by atoms with Crippen LogP contribution in [0.25, 0.3) is 0 Å². The molecule has 1 saturated carbocycles. The van der Waals surface area contributed by atoms with Gasteiger partial charge in [-0.25, -0.2) is 8.42 Å². The Morgan fingerprint density at radius 3 is 2.53 bits per heavy atom. The number of aliphatic hydroxyl groups excluding tert-OH is 1. The van der Waals surface area contributed by atoms with Gasteiger partial charge in [-0.2, -0.15) is 4.31 Å². The molecule has 2 aliphatic heterocycles. The van der Waals surface area contributed by atoms with Crippen molar-refractivity contribution in [1.82, 2.24) is 9.21 Å². The molecule has 1 aromatic carbocycles. The predicted octanol–water partition coefficient (Wildman–Crippen LogP) is 3.47. The molecular weight excluding hydrogens is 452 g/mol. The average molecular weight is 495 g/mol. The SMILES string of the molecule is C[C@H]1CN([C@@H](C)CO)S(=O)(=O)c2ccc(C3CCCC3)cc2O[C@@H]1CN(C)CC1CCOCC1. The predicted molar refractivity (Wildman–Crippen MR) is 133 cm³/mol. The Hall–Kier alpha value is -1.19. The van der Waals surface area contributed by atoms with E-state index < -0.39 is 16.1 Å². The lowest BCUT2D eigenvalue weighted by Gasteiger charge is -2.38. The lowest BCUT2D eigenvalue weighted by atomic mass is 9.97. The van der Waals surface area contributed by atoms with Gasteiger partial charge in [-0.1, -0.05) is 25.8 Å². The quantitative estimate of drug-likeness (QED) is 0.625. The van der Waals surface area contributed by atoms with Gasteiger partial charge in [-0.05, 0) is 69.2 Å². The Morgan fingerprint density at radius 2 is 1.85 bits per heavy atom. The van der Waals surface area contributed by atoms with Crippen LogP contribution in [-0.4, -0.2) is 81.4 Å². The van der Waals surface area contributed by atoms with Crippen molar-refractivity contribution in [3.8, 4) is 5.75 Å². The second kappa shape index (κ2) is 11.2. The molecule has 4 rings (SSSR count). The maximum atomic E-state index is 13.7. The number of sulfonamides is 1. The third-order valence-electron chi connectivity index (χ3n) is 7.92. The van der Waals surface area contributed by atoms with Crippen LogP contribution in [0.3, 0.4) is 0 Å². The molecule has 0 unspecified atom stereocenters. The van der Waals surface area contributed by atoms with Crippen LogP contribution in [0.1, 0.15) is 63.9 Å². The fourth-order valence-electron chi connectivity index (χ4n) is 5.72. The zero-order valence-corrected chi connectivity index (χ0v) is 21.8. The third-order valence-corrected chi connectivity index (χ3v) is 9.94. The van der Waals surface area contributed by atoms with Gasteiger partial charge in [0.05, 0.1) is 6.61 Å². The first kappa shape index (κ1) is 25.9. The standard InChI is InChI=1S/C26H42N2O5S/c1-19-15-28(20(2)18-29)34(30,31)26-9-8-23(22-6-4-5-7-22)14-24(26)33-25(19)17-27(3)16-21-10-12-32-13-11-21/h8-9,14,19-22,25,29H,4-7,10-13,15-18H2,1-3H3/t19-,20-,25+/m0/s1. The molecule has 0 amide bonds. The topological polar surface area (TPSA) is 79.3 Å². The van der Waals surface area contributed by atoms with Gasteiger partial charge in [0.2, 0.25) is 10.0 Å². The molecule has 0 spiro atoms. The van der Waals surface area contributed by atoms with Crippen LogP contribution in [0.2, 0.25) is 0 Å². The van der Waals surface area contributed by atoms with E-state index in [0.29, 0.717) is 24.1 Å². The molecule has 3 atom stereocenters. The summed E-state index contributed by atoms with van der Waals surface area (Å²) >= 11 is 0. The van der Waals surface area contributed by atoms with Crippen LogP contribution in [0.4, 0.5) is 0 Å². The molecule has 1 N–H and O–H groups in total. The number of nitrogens with zero attached hydrogens (tertiary/aromatic N) is 2. The monoisotopic (exact) mass is 494 g/mol. The molecule has 0 bridgehead atoms. The summed E-state index contributed by atoms with van der Waals surface area (Å²) in [7, 11) is -1.65. The summed E-state index contributed by atoms with van der Waals surface area (Å²) in [6.45, 7) is 7.32. The number of rotatable bonds is 7. The van der Waals surface area contributed by atoms with E-state index in [1.54, 1.807) is 13.0 Å². The van der Waals surface area contributed by atoms with Crippen molar-refractivity contribution in [2.75, 3.05) is 46.5 Å². The number of aliphatic hydroxyl groups is 1. The molecule has 3 aliphatic rings. The maximum absolute atomic E-state index is 13.7. The van der Waals surface area contributed by atoms with E-state index in [9.17, 15) is 13.5 Å². The molecule has 2 heterocycles. The molecule has 8 heteroatoms. The van der Waals surface area contributed by atoms with Crippen molar-refractivity contribution in [3.05, 3.63) is 23.8 Å². The summed E-state index contributed by atoms with van der Waals surface area (Å²) in [5.74, 6) is 1.54. The number of fused-ring (bicyclic) bond motifs is 1. The number of ether oxygens (including phenoxy) is 2. The highest BCUT2D eigenvalue weighted by Gasteiger charge is 2.38. The van der Waals surface area contributed by atoms with Gasteiger partial charge in [0.1, 0.15) is 16.7 Å². The Bertz CT molecular complexity index is 912. The maximum Gasteiger partial charge on any atom is 0.247 e.